The Morgan fingerprint density at radius 3 is 2.19 bits per heavy atom. The van der Waals surface area contributed by atoms with Crippen molar-refractivity contribution in [1.82, 2.24) is 20.1 Å². The van der Waals surface area contributed by atoms with Gasteiger partial charge < -0.3 is 19.9 Å². The Morgan fingerprint density at radius 2 is 1.66 bits per heavy atom. The second-order valence-electron chi connectivity index (χ2n) is 17.0. The van der Waals surface area contributed by atoms with Crippen molar-refractivity contribution in [2.45, 2.75) is 154 Å². The summed E-state index contributed by atoms with van der Waals surface area (Å²) in [6.45, 7) is 16.6. The quantitative estimate of drug-likeness (QED) is 0.294. The molecule has 0 spiro atoms. The molecule has 0 saturated heterocycles. The average molecular weight is 660 g/mol. The van der Waals surface area contributed by atoms with Crippen LogP contribution in [0.15, 0.2) is 18.2 Å². The number of pyridine rings is 1. The van der Waals surface area contributed by atoms with Crippen LogP contribution >= 0.6 is 0 Å². The summed E-state index contributed by atoms with van der Waals surface area (Å²) in [5.41, 5.74) is -1.27. The Morgan fingerprint density at radius 1 is 1.02 bits per heavy atom. The van der Waals surface area contributed by atoms with Crippen LogP contribution in [0.5, 0.6) is 0 Å². The second-order valence-corrected chi connectivity index (χ2v) is 17.0. The van der Waals surface area contributed by atoms with Crippen molar-refractivity contribution in [1.29, 1.82) is 0 Å². The SMILES string of the molecule is CC(C)(C)OC(=O)NC12CC(CCc3cc(N(C(=O)OC(C)(C)C)c4cc([C@H]5CC[C@@H](O)C5)nn4C(C)(C)C)cc(C(F)F)n3)(C1)C2. The number of carbonyl (C=O) groups is 2. The maximum atomic E-state index is 14.3. The zero-order valence-corrected chi connectivity index (χ0v) is 29.2. The molecule has 2 atom stereocenters. The van der Waals surface area contributed by atoms with Crippen LogP contribution in [-0.4, -0.2) is 54.9 Å². The van der Waals surface area contributed by atoms with Crippen LogP contribution in [0.3, 0.4) is 0 Å². The highest BCUT2D eigenvalue weighted by Crippen LogP contribution is 2.69. The standard InChI is InChI=1S/C35H51F2N5O5/c1-31(2,3)42-27(17-25(40-42)21-10-11-24(43)14-21)41(30(45)47-33(7,8)9)23-15-22(38-26(16-23)28(36)37)12-13-34-18-35(19-34,20-34)39-29(44)46-32(4,5)6/h15-17,21,24,28,43H,10-14,18-20H2,1-9H3,(H,39,44)/t21-,24+,34?,35?/m0/s1. The Labute approximate surface area is 276 Å². The van der Waals surface area contributed by atoms with Crippen LogP contribution < -0.4 is 10.2 Å². The molecule has 12 heteroatoms. The molecule has 0 aliphatic heterocycles. The van der Waals surface area contributed by atoms with Crippen molar-refractivity contribution in [2.24, 2.45) is 5.41 Å². The van der Waals surface area contributed by atoms with E-state index in [1.165, 1.54) is 11.0 Å². The first-order chi connectivity index (χ1) is 21.6. The summed E-state index contributed by atoms with van der Waals surface area (Å²) in [4.78, 5) is 31.9. The monoisotopic (exact) mass is 659 g/mol. The Hall–Kier alpha value is -3.28. The fourth-order valence-electron chi connectivity index (χ4n) is 7.38. The number of hydrogen-bond acceptors (Lipinski definition) is 7. The number of nitrogens with one attached hydrogen (secondary N) is 1. The third-order valence-corrected chi connectivity index (χ3v) is 9.16. The molecule has 4 aliphatic rings. The topological polar surface area (TPSA) is 119 Å². The first kappa shape index (κ1) is 35.0. The predicted molar refractivity (Wildman–Crippen MR) is 174 cm³/mol. The molecule has 2 amide bonds. The highest BCUT2D eigenvalue weighted by Gasteiger charge is 2.68. The Bertz CT molecular complexity index is 1480. The Balaban J connectivity index is 1.44. The van der Waals surface area contributed by atoms with Gasteiger partial charge in [-0.2, -0.15) is 5.10 Å². The van der Waals surface area contributed by atoms with E-state index in [4.69, 9.17) is 14.6 Å². The van der Waals surface area contributed by atoms with Crippen LogP contribution in [0.1, 0.15) is 137 Å². The number of aliphatic hydroxyl groups is 1. The molecule has 47 heavy (non-hydrogen) atoms. The second kappa shape index (κ2) is 12.0. The normalized spacial score (nSPS) is 25.6. The van der Waals surface area contributed by atoms with Gasteiger partial charge in [-0.15, -0.1) is 0 Å². The fourth-order valence-corrected chi connectivity index (χ4v) is 7.38. The van der Waals surface area contributed by atoms with Gasteiger partial charge >= 0.3 is 12.2 Å². The molecule has 0 aromatic carbocycles. The Kier molecular flexibility index (Phi) is 8.95. The van der Waals surface area contributed by atoms with Gasteiger partial charge in [0.05, 0.1) is 23.0 Å². The summed E-state index contributed by atoms with van der Waals surface area (Å²) in [5.74, 6) is 0.411. The van der Waals surface area contributed by atoms with Crippen LogP contribution in [-0.2, 0) is 21.4 Å². The molecule has 0 radical (unpaired) electrons. The highest BCUT2D eigenvalue weighted by molar-refractivity contribution is 5.95. The number of nitrogens with zero attached hydrogens (tertiary/aromatic N) is 4. The molecule has 4 fully saturated rings. The maximum absolute atomic E-state index is 14.3. The number of alkyl carbamates (subject to hydrolysis) is 1. The number of rotatable bonds is 8. The summed E-state index contributed by atoms with van der Waals surface area (Å²) in [7, 11) is 0. The summed E-state index contributed by atoms with van der Waals surface area (Å²) in [6, 6.07) is 4.76. The van der Waals surface area contributed by atoms with Crippen molar-refractivity contribution in [3.8, 4) is 0 Å². The molecular formula is C35H51F2N5O5. The summed E-state index contributed by atoms with van der Waals surface area (Å²) in [6.07, 6.45) is 1.14. The molecule has 2 N–H and O–H groups in total. The number of amides is 2. The molecule has 4 saturated carbocycles. The van der Waals surface area contributed by atoms with Crippen LogP contribution in [0, 0.1) is 5.41 Å². The van der Waals surface area contributed by atoms with Gasteiger partial charge in [-0.3, -0.25) is 4.98 Å². The largest absolute Gasteiger partial charge is 0.444 e. The van der Waals surface area contributed by atoms with E-state index in [9.17, 15) is 23.5 Å². The number of hydrogen-bond donors (Lipinski definition) is 2. The van der Waals surface area contributed by atoms with E-state index in [2.05, 4.69) is 10.3 Å². The lowest BCUT2D eigenvalue weighted by Gasteiger charge is -2.70. The summed E-state index contributed by atoms with van der Waals surface area (Å²) >= 11 is 0. The molecule has 0 unspecified atom stereocenters. The minimum Gasteiger partial charge on any atom is -0.444 e. The van der Waals surface area contributed by atoms with Crippen molar-refractivity contribution >= 4 is 23.7 Å². The third kappa shape index (κ3) is 7.90. The minimum absolute atomic E-state index is 0.00808. The molecular weight excluding hydrogens is 608 g/mol. The van der Waals surface area contributed by atoms with Crippen LogP contribution in [0.4, 0.5) is 29.9 Å². The number of carbonyl (C=O) groups excluding carboxylic acids is 2. The van der Waals surface area contributed by atoms with Crippen molar-refractivity contribution in [2.75, 3.05) is 4.90 Å². The lowest BCUT2D eigenvalue weighted by Crippen LogP contribution is -2.74. The summed E-state index contributed by atoms with van der Waals surface area (Å²) < 4.78 is 41.7. The van der Waals surface area contributed by atoms with Gasteiger partial charge in [0.15, 0.2) is 0 Å². The number of aliphatic hydroxyl groups excluding tert-OH is 1. The number of anilines is 2. The maximum Gasteiger partial charge on any atom is 0.420 e. The average Bonchev–Trinajstić information content (AvgIpc) is 3.49. The molecule has 260 valence electrons. The zero-order chi connectivity index (χ0) is 34.7. The van der Waals surface area contributed by atoms with E-state index in [0.29, 0.717) is 37.2 Å². The van der Waals surface area contributed by atoms with Crippen molar-refractivity contribution < 1.29 is 33.0 Å². The zero-order valence-electron chi connectivity index (χ0n) is 29.2. The molecule has 4 aliphatic carbocycles. The molecule has 2 aromatic rings. The van der Waals surface area contributed by atoms with Crippen LogP contribution in [0.2, 0.25) is 0 Å². The van der Waals surface area contributed by atoms with E-state index in [1.807, 2.05) is 47.6 Å². The first-order valence-corrected chi connectivity index (χ1v) is 16.7. The van der Waals surface area contributed by atoms with Crippen molar-refractivity contribution in [3.05, 3.63) is 35.3 Å². The van der Waals surface area contributed by atoms with E-state index < -0.39 is 47.2 Å². The van der Waals surface area contributed by atoms with Gasteiger partial charge in [0.1, 0.15) is 22.7 Å². The lowest BCUT2D eigenvalue weighted by molar-refractivity contribution is -0.155. The third-order valence-electron chi connectivity index (χ3n) is 9.16. The number of halogens is 2. The molecule has 2 heterocycles. The van der Waals surface area contributed by atoms with Gasteiger partial charge in [-0.05, 0) is 131 Å². The van der Waals surface area contributed by atoms with E-state index in [1.54, 1.807) is 31.5 Å². The van der Waals surface area contributed by atoms with Gasteiger partial charge in [0.25, 0.3) is 6.43 Å². The molecule has 2 aromatic heterocycles. The predicted octanol–water partition coefficient (Wildman–Crippen LogP) is 8.05. The molecule has 10 nitrogen and oxygen atoms in total. The molecule has 6 rings (SSSR count). The van der Waals surface area contributed by atoms with Gasteiger partial charge in [0.2, 0.25) is 0 Å². The van der Waals surface area contributed by atoms with E-state index in [0.717, 1.165) is 31.4 Å². The number of ether oxygens (including phenoxy) is 2. The smallest absolute Gasteiger partial charge is 0.420 e. The van der Waals surface area contributed by atoms with Gasteiger partial charge in [-0.25, -0.2) is 28.0 Å². The fraction of sp³-hybridized carbons (Fsp3) is 0.714. The number of alkyl halides is 2. The van der Waals surface area contributed by atoms with Gasteiger partial charge in [0, 0.05) is 23.2 Å². The number of aromatic nitrogens is 3. The lowest BCUT2D eigenvalue weighted by atomic mass is 9.38. The minimum atomic E-state index is -2.85. The van der Waals surface area contributed by atoms with Crippen molar-refractivity contribution in [3.63, 3.8) is 0 Å². The van der Waals surface area contributed by atoms with Crippen LogP contribution in [0.25, 0.3) is 0 Å². The van der Waals surface area contributed by atoms with E-state index in [-0.39, 0.29) is 22.6 Å². The number of aryl methyl sites for hydroxylation is 1. The van der Waals surface area contributed by atoms with Gasteiger partial charge in [-0.1, -0.05) is 0 Å². The van der Waals surface area contributed by atoms with E-state index >= 15 is 0 Å². The summed E-state index contributed by atoms with van der Waals surface area (Å²) in [5, 5.41) is 18.1. The molecule has 2 bridgehead atoms. The first-order valence-electron chi connectivity index (χ1n) is 16.7. The highest BCUT2D eigenvalue weighted by atomic mass is 19.3.